The Kier molecular flexibility index (Phi) is 7.35. The lowest BCUT2D eigenvalue weighted by atomic mass is 10.2. The molecule has 0 atom stereocenters. The summed E-state index contributed by atoms with van der Waals surface area (Å²) < 4.78 is 24.8. The second-order valence-electron chi connectivity index (χ2n) is 9.05. The molecular weight excluding hydrogens is 409 g/mol. The summed E-state index contributed by atoms with van der Waals surface area (Å²) in [6.45, 7) is 12.5. The molecule has 2 aromatic carbocycles. The van der Waals surface area contributed by atoms with E-state index in [0.29, 0.717) is 0 Å². The van der Waals surface area contributed by atoms with Crippen molar-refractivity contribution in [2.45, 2.75) is 52.1 Å². The molecule has 0 aliphatic carbocycles. The Morgan fingerprint density at radius 1 is 0.655 bits per heavy atom. The summed E-state index contributed by atoms with van der Waals surface area (Å²) in [5.74, 6) is 0. The predicted molar refractivity (Wildman–Crippen MR) is 129 cm³/mol. The average Bonchev–Trinajstić information content (AvgIpc) is 2.63. The Hall–Kier alpha value is -2.06. The van der Waals surface area contributed by atoms with Gasteiger partial charge in [-0.25, -0.2) is 8.42 Å². The highest BCUT2D eigenvalue weighted by atomic mass is 32.2. The molecule has 0 bridgehead atoms. The molecule has 0 saturated heterocycles. The van der Waals surface area contributed by atoms with Crippen LogP contribution in [0.5, 0.6) is 0 Å². The number of benzene rings is 2. The number of hydrogen-bond acceptors (Lipinski definition) is 2. The van der Waals surface area contributed by atoms with Crippen molar-refractivity contribution < 1.29 is 8.42 Å². The van der Waals surface area contributed by atoms with Gasteiger partial charge in [-0.1, -0.05) is 85.8 Å². The molecule has 0 saturated carbocycles. The molecule has 29 heavy (non-hydrogen) atoms. The smallest absolute Gasteiger partial charge is 0.202 e. The molecule has 0 unspecified atom stereocenters. The van der Waals surface area contributed by atoms with E-state index in [1.807, 2.05) is 0 Å². The zero-order valence-corrected chi connectivity index (χ0v) is 21.1. The molecule has 2 aromatic rings. The lowest BCUT2D eigenvalue weighted by molar-refractivity contribution is 0.615. The van der Waals surface area contributed by atoms with E-state index in [4.69, 9.17) is 0 Å². The fourth-order valence-corrected chi connectivity index (χ4v) is 8.98. The van der Waals surface area contributed by atoms with Crippen molar-refractivity contribution in [2.75, 3.05) is 0 Å². The number of hydrogen-bond donors (Lipinski definition) is 0. The summed E-state index contributed by atoms with van der Waals surface area (Å²) in [6, 6.07) is 18.4. The van der Waals surface area contributed by atoms with Crippen LogP contribution < -0.4 is 0 Å². The Bertz CT molecular complexity index is 991. The van der Waals surface area contributed by atoms with Crippen molar-refractivity contribution in [3.8, 4) is 21.6 Å². The van der Waals surface area contributed by atoms with Gasteiger partial charge in [-0.05, 0) is 37.1 Å². The third kappa shape index (κ3) is 8.45. The molecule has 0 heterocycles. The molecule has 0 aromatic heterocycles. The second kappa shape index (κ2) is 9.18. The standard InChI is InChI=1S/C24H30O2SSi2/c1-21-7-11-23(12-8-21)19-28(3,4)17-15-27(25,26)16-18-29(5,6)20-24-13-9-22(2)10-14-24/h7-14H,19-20H2,1-6H3. The van der Waals surface area contributed by atoms with Crippen LogP contribution in [0, 0.1) is 35.4 Å². The van der Waals surface area contributed by atoms with Crippen molar-refractivity contribution in [3.63, 3.8) is 0 Å². The number of sulfone groups is 1. The molecule has 0 N–H and O–H groups in total. The Balaban J connectivity index is 2.11. The molecule has 2 rings (SSSR count). The minimum Gasteiger partial charge on any atom is -0.202 e. The van der Waals surface area contributed by atoms with Gasteiger partial charge < -0.3 is 0 Å². The first-order valence-electron chi connectivity index (χ1n) is 9.80. The van der Waals surface area contributed by atoms with Gasteiger partial charge in [-0.3, -0.25) is 0 Å². The summed E-state index contributed by atoms with van der Waals surface area (Å²) in [5.41, 5.74) is 11.0. The highest BCUT2D eigenvalue weighted by Crippen LogP contribution is 2.14. The molecule has 152 valence electrons. The van der Waals surface area contributed by atoms with Crippen molar-refractivity contribution in [1.82, 2.24) is 0 Å². The van der Waals surface area contributed by atoms with E-state index in [1.54, 1.807) is 0 Å². The topological polar surface area (TPSA) is 34.1 Å². The van der Waals surface area contributed by atoms with Crippen LogP contribution in [-0.4, -0.2) is 24.6 Å². The minimum atomic E-state index is -3.70. The lowest BCUT2D eigenvalue weighted by Crippen LogP contribution is -2.28. The van der Waals surface area contributed by atoms with E-state index in [2.05, 4.69) is 110 Å². The maximum atomic E-state index is 12.4. The van der Waals surface area contributed by atoms with Gasteiger partial charge in [-0.15, -0.1) is 11.1 Å². The van der Waals surface area contributed by atoms with Gasteiger partial charge in [0.15, 0.2) is 0 Å². The molecule has 5 heteroatoms. The maximum absolute atomic E-state index is 12.4. The van der Waals surface area contributed by atoms with Gasteiger partial charge in [0.2, 0.25) is 0 Å². The summed E-state index contributed by atoms with van der Waals surface area (Å²) >= 11 is 0. The van der Waals surface area contributed by atoms with Crippen LogP contribution in [-0.2, 0) is 21.9 Å². The summed E-state index contributed by atoms with van der Waals surface area (Å²) in [4.78, 5) is 0. The zero-order chi connectivity index (χ0) is 21.7. The molecule has 0 aliphatic heterocycles. The highest BCUT2D eigenvalue weighted by molar-refractivity contribution is 8.00. The van der Waals surface area contributed by atoms with E-state index < -0.39 is 26.0 Å². The van der Waals surface area contributed by atoms with E-state index >= 15 is 0 Å². The van der Waals surface area contributed by atoms with E-state index in [0.717, 1.165) is 12.1 Å². The monoisotopic (exact) mass is 438 g/mol. The van der Waals surface area contributed by atoms with Gasteiger partial charge in [-0.2, -0.15) is 0 Å². The van der Waals surface area contributed by atoms with Gasteiger partial charge in [0, 0.05) is 10.5 Å². The fraction of sp³-hybridized carbons (Fsp3) is 0.333. The Labute approximate surface area is 178 Å². The molecule has 2 nitrogen and oxygen atoms in total. The highest BCUT2D eigenvalue weighted by Gasteiger charge is 2.21. The van der Waals surface area contributed by atoms with Crippen LogP contribution in [0.25, 0.3) is 0 Å². The lowest BCUT2D eigenvalue weighted by Gasteiger charge is -2.15. The minimum absolute atomic E-state index is 0.830. The number of rotatable bonds is 4. The molecule has 0 radical (unpaired) electrons. The third-order valence-corrected chi connectivity index (χ3v) is 9.87. The van der Waals surface area contributed by atoms with Crippen molar-refractivity contribution >= 4 is 26.0 Å². The molecule has 0 amide bonds. The predicted octanol–water partition coefficient (Wildman–Crippen LogP) is 5.00. The van der Waals surface area contributed by atoms with E-state index in [1.165, 1.54) is 22.3 Å². The quantitative estimate of drug-likeness (QED) is 0.497. The first-order chi connectivity index (χ1) is 13.4. The van der Waals surface area contributed by atoms with Crippen molar-refractivity contribution in [3.05, 3.63) is 70.8 Å². The molecular formula is C24H30O2SSi2. The van der Waals surface area contributed by atoms with Crippen LogP contribution in [0.4, 0.5) is 0 Å². The van der Waals surface area contributed by atoms with Crippen LogP contribution in [0.15, 0.2) is 48.5 Å². The van der Waals surface area contributed by atoms with Gasteiger partial charge >= 0.3 is 0 Å². The van der Waals surface area contributed by atoms with Crippen molar-refractivity contribution in [2.24, 2.45) is 0 Å². The zero-order valence-electron chi connectivity index (χ0n) is 18.3. The van der Waals surface area contributed by atoms with Crippen LogP contribution in [0.2, 0.25) is 26.2 Å². The molecule has 0 spiro atoms. The van der Waals surface area contributed by atoms with Gasteiger partial charge in [0.05, 0.1) is 0 Å². The summed E-state index contributed by atoms with van der Waals surface area (Å²) in [7, 11) is -7.72. The van der Waals surface area contributed by atoms with Crippen LogP contribution in [0.1, 0.15) is 22.3 Å². The first kappa shape index (κ1) is 23.2. The Morgan fingerprint density at radius 2 is 0.966 bits per heavy atom. The van der Waals surface area contributed by atoms with Gasteiger partial charge in [0.1, 0.15) is 16.1 Å². The summed E-state index contributed by atoms with van der Waals surface area (Å²) in [6.07, 6.45) is 0. The molecule has 0 aliphatic rings. The normalized spacial score (nSPS) is 11.8. The second-order valence-corrected chi connectivity index (χ2v) is 19.2. The van der Waals surface area contributed by atoms with Crippen LogP contribution in [0.3, 0.4) is 0 Å². The summed E-state index contributed by atoms with van der Waals surface area (Å²) in [5, 5.41) is 5.01. The Morgan fingerprint density at radius 3 is 1.28 bits per heavy atom. The first-order valence-corrected chi connectivity index (χ1v) is 17.7. The third-order valence-electron chi connectivity index (χ3n) is 4.58. The largest absolute Gasteiger partial charge is 0.283 e. The fourth-order valence-electron chi connectivity index (χ4n) is 2.96. The SMILES string of the molecule is Cc1ccc(C[Si](C)(C)C#CS(=O)(=O)C#C[Si](C)(C)Cc2ccc(C)cc2)cc1. The van der Waals surface area contributed by atoms with E-state index in [-0.39, 0.29) is 0 Å². The van der Waals surface area contributed by atoms with Gasteiger partial charge in [0.25, 0.3) is 9.84 Å². The van der Waals surface area contributed by atoms with Crippen molar-refractivity contribution in [1.29, 1.82) is 0 Å². The van der Waals surface area contributed by atoms with Crippen LogP contribution >= 0.6 is 0 Å². The number of aryl methyl sites for hydroxylation is 2. The van der Waals surface area contributed by atoms with E-state index in [9.17, 15) is 8.42 Å². The average molecular weight is 439 g/mol. The maximum Gasteiger partial charge on any atom is 0.283 e. The molecule has 0 fully saturated rings.